The highest BCUT2D eigenvalue weighted by atomic mass is 79.9. The minimum Gasteiger partial charge on any atom is -0.206 e. The van der Waals surface area contributed by atoms with E-state index in [1.54, 1.807) is 6.07 Å². The Bertz CT molecular complexity index is 271. The van der Waals surface area contributed by atoms with Crippen molar-refractivity contribution in [3.63, 3.8) is 0 Å². The van der Waals surface area contributed by atoms with Crippen LogP contribution in [-0.4, -0.2) is 0 Å². The van der Waals surface area contributed by atoms with Gasteiger partial charge in [0.05, 0.1) is 4.47 Å². The molecule has 0 aromatic heterocycles. The first-order valence-electron chi connectivity index (χ1n) is 4.68. The van der Waals surface area contributed by atoms with Gasteiger partial charge in [-0.05, 0) is 40.4 Å². The number of hydrogen-bond acceptors (Lipinski definition) is 0. The molecule has 0 saturated carbocycles. The van der Waals surface area contributed by atoms with Gasteiger partial charge in [-0.1, -0.05) is 31.9 Å². The van der Waals surface area contributed by atoms with Crippen LogP contribution in [0.25, 0.3) is 0 Å². The minimum atomic E-state index is -0.158. The zero-order chi connectivity index (χ0) is 9.68. The summed E-state index contributed by atoms with van der Waals surface area (Å²) in [7, 11) is 0. The average molecular weight is 245 g/mol. The molecule has 0 fully saturated rings. The van der Waals surface area contributed by atoms with E-state index >= 15 is 0 Å². The molecular weight excluding hydrogens is 231 g/mol. The highest BCUT2D eigenvalue weighted by molar-refractivity contribution is 9.10. The molecule has 1 aromatic carbocycles. The van der Waals surface area contributed by atoms with Gasteiger partial charge in [0, 0.05) is 0 Å². The zero-order valence-electron chi connectivity index (χ0n) is 7.82. The molecule has 2 heteroatoms. The third-order valence-corrected chi connectivity index (χ3v) is 2.97. The molecule has 0 aliphatic carbocycles. The van der Waals surface area contributed by atoms with Gasteiger partial charge < -0.3 is 0 Å². The predicted octanol–water partition coefficient (Wildman–Crippen LogP) is 4.32. The van der Waals surface area contributed by atoms with Crippen LogP contribution in [0.2, 0.25) is 0 Å². The van der Waals surface area contributed by atoms with Crippen molar-refractivity contribution in [1.29, 1.82) is 0 Å². The topological polar surface area (TPSA) is 0 Å². The Morgan fingerprint density at radius 2 is 2.08 bits per heavy atom. The first-order valence-corrected chi connectivity index (χ1v) is 5.48. The molecule has 0 aliphatic rings. The highest BCUT2D eigenvalue weighted by Crippen LogP contribution is 2.22. The molecule has 0 unspecified atom stereocenters. The smallest absolute Gasteiger partial charge is 0.137 e. The molecule has 1 rings (SSSR count). The number of halogens is 2. The molecule has 0 aliphatic heterocycles. The van der Waals surface area contributed by atoms with Gasteiger partial charge in [-0.3, -0.25) is 0 Å². The van der Waals surface area contributed by atoms with Crippen molar-refractivity contribution in [3.8, 4) is 0 Å². The molecule has 0 radical (unpaired) electrons. The zero-order valence-corrected chi connectivity index (χ0v) is 9.40. The van der Waals surface area contributed by atoms with Gasteiger partial charge >= 0.3 is 0 Å². The van der Waals surface area contributed by atoms with Crippen LogP contribution >= 0.6 is 15.9 Å². The van der Waals surface area contributed by atoms with Crippen LogP contribution < -0.4 is 0 Å². The summed E-state index contributed by atoms with van der Waals surface area (Å²) in [6.07, 6.45) is 4.51. The van der Waals surface area contributed by atoms with E-state index in [0.29, 0.717) is 4.47 Å². The fraction of sp³-hybridized carbons (Fsp3) is 0.455. The average Bonchev–Trinajstić information content (AvgIpc) is 2.13. The van der Waals surface area contributed by atoms with E-state index < -0.39 is 0 Å². The molecular formula is C11H14BrF. The maximum Gasteiger partial charge on any atom is 0.137 e. The van der Waals surface area contributed by atoms with Crippen molar-refractivity contribution in [2.75, 3.05) is 0 Å². The molecule has 0 heterocycles. The Morgan fingerprint density at radius 1 is 1.31 bits per heavy atom. The van der Waals surface area contributed by atoms with Gasteiger partial charge in [-0.25, -0.2) is 4.39 Å². The van der Waals surface area contributed by atoms with E-state index in [2.05, 4.69) is 22.9 Å². The van der Waals surface area contributed by atoms with Crippen molar-refractivity contribution >= 4 is 15.9 Å². The normalized spacial score (nSPS) is 10.4. The fourth-order valence-electron chi connectivity index (χ4n) is 1.31. The van der Waals surface area contributed by atoms with Crippen molar-refractivity contribution in [2.45, 2.75) is 32.6 Å². The molecule has 72 valence electrons. The number of unbranched alkanes of at least 4 members (excludes halogenated alkanes) is 2. The summed E-state index contributed by atoms with van der Waals surface area (Å²) in [5, 5.41) is 0. The number of rotatable bonds is 4. The lowest BCUT2D eigenvalue weighted by atomic mass is 10.1. The van der Waals surface area contributed by atoms with Gasteiger partial charge in [0.15, 0.2) is 0 Å². The first kappa shape index (κ1) is 10.7. The summed E-state index contributed by atoms with van der Waals surface area (Å²) >= 11 is 3.26. The maximum absolute atomic E-state index is 13.0. The van der Waals surface area contributed by atoms with Crippen LogP contribution in [0.5, 0.6) is 0 Å². The third-order valence-electron chi connectivity index (χ3n) is 2.08. The van der Waals surface area contributed by atoms with E-state index in [9.17, 15) is 4.39 Å². The predicted molar refractivity (Wildman–Crippen MR) is 57.3 cm³/mol. The Kier molecular flexibility index (Phi) is 4.43. The molecule has 1 aromatic rings. The second-order valence-corrected chi connectivity index (χ2v) is 3.96. The summed E-state index contributed by atoms with van der Waals surface area (Å²) in [4.78, 5) is 0. The summed E-state index contributed by atoms with van der Waals surface area (Å²) in [6.45, 7) is 2.17. The van der Waals surface area contributed by atoms with Crippen LogP contribution in [0.15, 0.2) is 22.7 Å². The van der Waals surface area contributed by atoms with Gasteiger partial charge in [0.2, 0.25) is 0 Å². The number of hydrogen-bond donors (Lipinski definition) is 0. The Balaban J connectivity index is 2.61. The Morgan fingerprint density at radius 3 is 2.77 bits per heavy atom. The van der Waals surface area contributed by atoms with E-state index in [1.807, 2.05) is 6.07 Å². The molecule has 0 spiro atoms. The fourth-order valence-corrected chi connectivity index (χ4v) is 1.77. The second-order valence-electron chi connectivity index (χ2n) is 3.17. The minimum absolute atomic E-state index is 0.158. The van der Waals surface area contributed by atoms with Gasteiger partial charge in [0.1, 0.15) is 5.82 Å². The van der Waals surface area contributed by atoms with Crippen LogP contribution in [-0.2, 0) is 6.42 Å². The van der Waals surface area contributed by atoms with E-state index in [0.717, 1.165) is 18.4 Å². The quantitative estimate of drug-likeness (QED) is 0.693. The summed E-state index contributed by atoms with van der Waals surface area (Å²) in [5.74, 6) is -0.158. The molecule has 0 nitrogen and oxygen atoms in total. The van der Waals surface area contributed by atoms with Crippen molar-refractivity contribution < 1.29 is 4.39 Å². The van der Waals surface area contributed by atoms with E-state index in [1.165, 1.54) is 18.9 Å². The highest BCUT2D eigenvalue weighted by Gasteiger charge is 2.03. The van der Waals surface area contributed by atoms with Crippen molar-refractivity contribution in [2.24, 2.45) is 0 Å². The van der Waals surface area contributed by atoms with Gasteiger partial charge in [0.25, 0.3) is 0 Å². The van der Waals surface area contributed by atoms with Crippen LogP contribution in [0, 0.1) is 5.82 Å². The van der Waals surface area contributed by atoms with Crippen LogP contribution in [0.4, 0.5) is 4.39 Å². The second kappa shape index (κ2) is 5.38. The largest absolute Gasteiger partial charge is 0.206 e. The number of benzene rings is 1. The third kappa shape index (κ3) is 3.11. The van der Waals surface area contributed by atoms with Crippen LogP contribution in [0.1, 0.15) is 31.7 Å². The molecule has 0 bridgehead atoms. The number of aryl methyl sites for hydroxylation is 1. The SMILES string of the molecule is CCCCCc1cccc(F)c1Br. The molecule has 0 N–H and O–H groups in total. The van der Waals surface area contributed by atoms with E-state index in [4.69, 9.17) is 0 Å². The first-order chi connectivity index (χ1) is 6.25. The molecule has 0 saturated heterocycles. The van der Waals surface area contributed by atoms with Gasteiger partial charge in [-0.2, -0.15) is 0 Å². The summed E-state index contributed by atoms with van der Waals surface area (Å²) in [6, 6.07) is 5.22. The van der Waals surface area contributed by atoms with Gasteiger partial charge in [-0.15, -0.1) is 0 Å². The lowest BCUT2D eigenvalue weighted by Crippen LogP contribution is -1.89. The molecule has 13 heavy (non-hydrogen) atoms. The molecule has 0 amide bonds. The Labute approximate surface area is 87.3 Å². The summed E-state index contributed by atoms with van der Waals surface area (Å²) in [5.41, 5.74) is 1.08. The maximum atomic E-state index is 13.0. The van der Waals surface area contributed by atoms with E-state index in [-0.39, 0.29) is 5.82 Å². The van der Waals surface area contributed by atoms with Crippen LogP contribution in [0.3, 0.4) is 0 Å². The summed E-state index contributed by atoms with van der Waals surface area (Å²) < 4.78 is 13.7. The molecule has 0 atom stereocenters. The standard InChI is InChI=1S/C11H14BrF/c1-2-3-4-6-9-7-5-8-10(13)11(9)12/h5,7-8H,2-4,6H2,1H3. The monoisotopic (exact) mass is 244 g/mol. The lowest BCUT2D eigenvalue weighted by Gasteiger charge is -2.03. The van der Waals surface area contributed by atoms with Crippen molar-refractivity contribution in [1.82, 2.24) is 0 Å². The van der Waals surface area contributed by atoms with Crippen molar-refractivity contribution in [3.05, 3.63) is 34.1 Å². The Hall–Kier alpha value is -0.370. The lowest BCUT2D eigenvalue weighted by molar-refractivity contribution is 0.615.